The molecule has 1 aliphatic heterocycles. The lowest BCUT2D eigenvalue weighted by Gasteiger charge is -2.09. The molecule has 2 aromatic carbocycles. The van der Waals surface area contributed by atoms with Crippen molar-refractivity contribution in [2.24, 2.45) is 0 Å². The second-order valence-corrected chi connectivity index (χ2v) is 4.59. The Morgan fingerprint density at radius 2 is 1.94 bits per heavy atom. The molecule has 0 spiro atoms. The Morgan fingerprint density at radius 3 is 2.72 bits per heavy atom. The minimum Gasteiger partial charge on any atom is -0.399 e. The van der Waals surface area contributed by atoms with E-state index in [1.54, 1.807) is 0 Å². The van der Waals surface area contributed by atoms with E-state index in [0.717, 1.165) is 33.5 Å². The van der Waals surface area contributed by atoms with Crippen LogP contribution in [0.5, 0.6) is 0 Å². The van der Waals surface area contributed by atoms with Crippen molar-refractivity contribution in [1.82, 2.24) is 5.32 Å². The summed E-state index contributed by atoms with van der Waals surface area (Å²) in [6.45, 7) is 2.60. The summed E-state index contributed by atoms with van der Waals surface area (Å²) >= 11 is 0. The molecule has 3 rings (SSSR count). The normalized spacial score (nSPS) is 13.3. The molecule has 1 aliphatic rings. The second-order valence-electron chi connectivity index (χ2n) is 4.59. The lowest BCUT2D eigenvalue weighted by atomic mass is 9.95. The number of anilines is 1. The molecule has 0 aliphatic carbocycles. The largest absolute Gasteiger partial charge is 0.399 e. The van der Waals surface area contributed by atoms with Crippen LogP contribution < -0.4 is 11.1 Å². The van der Waals surface area contributed by atoms with Gasteiger partial charge < -0.3 is 11.1 Å². The molecule has 1 amide bonds. The van der Waals surface area contributed by atoms with Gasteiger partial charge in [-0.1, -0.05) is 18.2 Å². The van der Waals surface area contributed by atoms with E-state index in [4.69, 9.17) is 5.73 Å². The van der Waals surface area contributed by atoms with Crippen molar-refractivity contribution in [2.75, 3.05) is 5.73 Å². The van der Waals surface area contributed by atoms with Gasteiger partial charge in [0.05, 0.1) is 0 Å². The van der Waals surface area contributed by atoms with Crippen LogP contribution in [0.4, 0.5) is 5.69 Å². The first kappa shape index (κ1) is 10.8. The summed E-state index contributed by atoms with van der Waals surface area (Å²) in [5.74, 6) is 0.0130. The molecule has 0 saturated carbocycles. The maximum atomic E-state index is 11.6. The van der Waals surface area contributed by atoms with Crippen molar-refractivity contribution in [3.05, 3.63) is 53.1 Å². The van der Waals surface area contributed by atoms with Crippen LogP contribution in [0.25, 0.3) is 11.1 Å². The zero-order valence-electron chi connectivity index (χ0n) is 10.2. The number of nitrogens with one attached hydrogen (secondary N) is 1. The summed E-state index contributed by atoms with van der Waals surface area (Å²) in [6.07, 6.45) is 0. The number of fused-ring (bicyclic) bond motifs is 1. The average Bonchev–Trinajstić information content (AvgIpc) is 2.75. The molecule has 90 valence electrons. The summed E-state index contributed by atoms with van der Waals surface area (Å²) in [6, 6.07) is 11.8. The van der Waals surface area contributed by atoms with Crippen LogP contribution in [0.15, 0.2) is 36.4 Å². The molecular weight excluding hydrogens is 224 g/mol. The number of benzene rings is 2. The van der Waals surface area contributed by atoms with Gasteiger partial charge in [-0.15, -0.1) is 0 Å². The molecule has 0 saturated heterocycles. The van der Waals surface area contributed by atoms with Gasteiger partial charge in [-0.3, -0.25) is 4.79 Å². The SMILES string of the molecule is Cc1cc(-c2cccc3c2CNC3=O)ccc1N. The van der Waals surface area contributed by atoms with Crippen LogP contribution in [0.1, 0.15) is 21.5 Å². The summed E-state index contributed by atoms with van der Waals surface area (Å²) < 4.78 is 0. The molecule has 0 unspecified atom stereocenters. The molecule has 3 N–H and O–H groups in total. The quantitative estimate of drug-likeness (QED) is 0.750. The second kappa shape index (κ2) is 3.88. The van der Waals surface area contributed by atoms with Crippen LogP contribution in [0, 0.1) is 6.92 Å². The Labute approximate surface area is 106 Å². The number of nitrogens with two attached hydrogens (primary N) is 1. The van der Waals surface area contributed by atoms with Gasteiger partial charge in [0.15, 0.2) is 0 Å². The van der Waals surface area contributed by atoms with Crippen LogP contribution in [0.2, 0.25) is 0 Å². The first-order valence-electron chi connectivity index (χ1n) is 5.93. The smallest absolute Gasteiger partial charge is 0.251 e. The molecule has 0 radical (unpaired) electrons. The Bertz CT molecular complexity index is 647. The molecule has 2 aromatic rings. The molecule has 0 atom stereocenters. The molecule has 18 heavy (non-hydrogen) atoms. The number of aryl methyl sites for hydroxylation is 1. The Morgan fingerprint density at radius 1 is 1.17 bits per heavy atom. The maximum Gasteiger partial charge on any atom is 0.251 e. The number of nitrogen functional groups attached to an aromatic ring is 1. The third-order valence-electron chi connectivity index (χ3n) is 3.43. The van der Waals surface area contributed by atoms with Crippen LogP contribution in [-0.2, 0) is 6.54 Å². The van der Waals surface area contributed by atoms with E-state index in [-0.39, 0.29) is 5.91 Å². The first-order chi connectivity index (χ1) is 8.66. The zero-order valence-corrected chi connectivity index (χ0v) is 10.2. The van der Waals surface area contributed by atoms with Crippen molar-refractivity contribution in [2.45, 2.75) is 13.5 Å². The highest BCUT2D eigenvalue weighted by Gasteiger charge is 2.21. The Hall–Kier alpha value is -2.29. The topological polar surface area (TPSA) is 55.1 Å². The Balaban J connectivity index is 2.18. The van der Waals surface area contributed by atoms with Gasteiger partial charge in [0.1, 0.15) is 0 Å². The Kier molecular flexibility index (Phi) is 2.33. The highest BCUT2D eigenvalue weighted by atomic mass is 16.1. The minimum atomic E-state index is 0.0130. The highest BCUT2D eigenvalue weighted by molar-refractivity contribution is 6.00. The third kappa shape index (κ3) is 1.56. The average molecular weight is 238 g/mol. The first-order valence-corrected chi connectivity index (χ1v) is 5.93. The number of carbonyl (C=O) groups excluding carboxylic acids is 1. The fourth-order valence-corrected chi connectivity index (χ4v) is 2.37. The predicted molar refractivity (Wildman–Crippen MR) is 72.2 cm³/mol. The van der Waals surface area contributed by atoms with Gasteiger partial charge in [-0.25, -0.2) is 0 Å². The monoisotopic (exact) mass is 238 g/mol. The minimum absolute atomic E-state index is 0.0130. The standard InChI is InChI=1S/C15H14N2O/c1-9-7-10(5-6-14(9)16)11-3-2-4-12-13(11)8-17-15(12)18/h2-7H,8,16H2,1H3,(H,17,18). The van der Waals surface area contributed by atoms with E-state index in [0.29, 0.717) is 6.54 Å². The zero-order chi connectivity index (χ0) is 12.7. The maximum absolute atomic E-state index is 11.6. The predicted octanol–water partition coefficient (Wildman–Crippen LogP) is 2.49. The van der Waals surface area contributed by atoms with Gasteiger partial charge in [0, 0.05) is 17.8 Å². The third-order valence-corrected chi connectivity index (χ3v) is 3.43. The molecule has 0 fully saturated rings. The molecule has 0 bridgehead atoms. The number of amides is 1. The van der Waals surface area contributed by atoms with Gasteiger partial charge in [-0.2, -0.15) is 0 Å². The van der Waals surface area contributed by atoms with Crippen LogP contribution in [0.3, 0.4) is 0 Å². The summed E-state index contributed by atoms with van der Waals surface area (Å²) in [5.41, 5.74) is 11.8. The summed E-state index contributed by atoms with van der Waals surface area (Å²) in [7, 11) is 0. The van der Waals surface area contributed by atoms with Crippen molar-refractivity contribution in [1.29, 1.82) is 0 Å². The summed E-state index contributed by atoms with van der Waals surface area (Å²) in [5, 5.41) is 2.86. The van der Waals surface area contributed by atoms with Gasteiger partial charge in [0.25, 0.3) is 5.91 Å². The van der Waals surface area contributed by atoms with Gasteiger partial charge in [0.2, 0.25) is 0 Å². The molecule has 3 heteroatoms. The highest BCUT2D eigenvalue weighted by Crippen LogP contribution is 2.30. The molecule has 1 heterocycles. The summed E-state index contributed by atoms with van der Waals surface area (Å²) in [4.78, 5) is 11.6. The van der Waals surface area contributed by atoms with Crippen molar-refractivity contribution in [3.63, 3.8) is 0 Å². The van der Waals surface area contributed by atoms with E-state index in [1.807, 2.05) is 37.3 Å². The number of carbonyl (C=O) groups is 1. The van der Waals surface area contributed by atoms with Crippen LogP contribution in [-0.4, -0.2) is 5.91 Å². The molecular formula is C15H14N2O. The fourth-order valence-electron chi connectivity index (χ4n) is 2.37. The fraction of sp³-hybridized carbons (Fsp3) is 0.133. The van der Waals surface area contributed by atoms with Crippen molar-refractivity contribution >= 4 is 11.6 Å². The number of hydrogen-bond acceptors (Lipinski definition) is 2. The number of hydrogen-bond donors (Lipinski definition) is 2. The lowest BCUT2D eigenvalue weighted by molar-refractivity contribution is 0.0966. The lowest BCUT2D eigenvalue weighted by Crippen LogP contribution is -2.12. The van der Waals surface area contributed by atoms with E-state index in [1.165, 1.54) is 0 Å². The van der Waals surface area contributed by atoms with E-state index >= 15 is 0 Å². The van der Waals surface area contributed by atoms with Gasteiger partial charge in [-0.05, 0) is 47.4 Å². The molecule has 0 aromatic heterocycles. The van der Waals surface area contributed by atoms with E-state index < -0.39 is 0 Å². The van der Waals surface area contributed by atoms with Crippen molar-refractivity contribution in [3.8, 4) is 11.1 Å². The van der Waals surface area contributed by atoms with Crippen molar-refractivity contribution < 1.29 is 4.79 Å². The number of rotatable bonds is 1. The van der Waals surface area contributed by atoms with E-state index in [9.17, 15) is 4.79 Å². The van der Waals surface area contributed by atoms with E-state index in [2.05, 4.69) is 11.4 Å². The van der Waals surface area contributed by atoms with Gasteiger partial charge >= 0.3 is 0 Å². The molecule has 3 nitrogen and oxygen atoms in total. The van der Waals surface area contributed by atoms with Crippen LogP contribution >= 0.6 is 0 Å².